The standard InChI is InChI=1S/C25H31Cl2N3O.2ClH/c1-18-5-8-21(9-6-18)28-25(31)22-4-2-3-20(22)17-30-13-11-29(12-14-30)16-19-7-10-23(26)24(27)15-19;;/h5-10,15,20,22H,2-4,11-14,16-17H2,1H3,(H,28,31);2*1H/t20-,22+;;/m0../s1. The van der Waals surface area contributed by atoms with Gasteiger partial charge in [-0.15, -0.1) is 24.8 Å². The summed E-state index contributed by atoms with van der Waals surface area (Å²) in [4.78, 5) is 17.9. The third kappa shape index (κ3) is 7.74. The van der Waals surface area contributed by atoms with Crippen molar-refractivity contribution in [3.63, 3.8) is 0 Å². The van der Waals surface area contributed by atoms with Gasteiger partial charge in [-0.2, -0.15) is 0 Å². The van der Waals surface area contributed by atoms with Crippen LogP contribution in [0.25, 0.3) is 0 Å². The summed E-state index contributed by atoms with van der Waals surface area (Å²) in [5, 5.41) is 4.36. The first-order valence-electron chi connectivity index (χ1n) is 11.2. The number of halogens is 4. The maximum atomic E-state index is 12.9. The molecule has 182 valence electrons. The van der Waals surface area contributed by atoms with Crippen LogP contribution < -0.4 is 5.32 Å². The van der Waals surface area contributed by atoms with E-state index >= 15 is 0 Å². The fourth-order valence-corrected chi connectivity index (χ4v) is 5.15. The number of nitrogens with zero attached hydrogens (tertiary/aromatic N) is 2. The van der Waals surface area contributed by atoms with Crippen LogP contribution in [0.2, 0.25) is 10.0 Å². The van der Waals surface area contributed by atoms with Gasteiger partial charge in [0.1, 0.15) is 0 Å². The van der Waals surface area contributed by atoms with Gasteiger partial charge in [-0.25, -0.2) is 0 Å². The fraction of sp³-hybridized carbons (Fsp3) is 0.480. The van der Waals surface area contributed by atoms with Gasteiger partial charge in [0, 0.05) is 50.9 Å². The summed E-state index contributed by atoms with van der Waals surface area (Å²) < 4.78 is 0. The molecule has 2 atom stereocenters. The molecule has 2 fully saturated rings. The molecule has 1 saturated heterocycles. The molecule has 0 unspecified atom stereocenters. The Hall–Kier alpha value is -1.01. The zero-order valence-electron chi connectivity index (χ0n) is 18.9. The van der Waals surface area contributed by atoms with E-state index in [2.05, 4.69) is 28.1 Å². The number of hydrogen-bond acceptors (Lipinski definition) is 3. The molecule has 2 aromatic rings. The summed E-state index contributed by atoms with van der Waals surface area (Å²) in [5.41, 5.74) is 3.30. The monoisotopic (exact) mass is 531 g/mol. The SMILES string of the molecule is Cc1ccc(NC(=O)[C@@H]2CCC[C@H]2CN2CCN(Cc3ccc(Cl)c(Cl)c3)CC2)cc1.Cl.Cl. The average molecular weight is 533 g/mol. The van der Waals surface area contributed by atoms with Crippen molar-refractivity contribution in [2.45, 2.75) is 32.7 Å². The number of anilines is 1. The zero-order valence-corrected chi connectivity index (χ0v) is 22.1. The van der Waals surface area contributed by atoms with Crippen LogP contribution in [-0.2, 0) is 11.3 Å². The number of amides is 1. The Morgan fingerprint density at radius 1 is 0.939 bits per heavy atom. The van der Waals surface area contributed by atoms with E-state index < -0.39 is 0 Å². The van der Waals surface area contributed by atoms with Crippen LogP contribution in [0.1, 0.15) is 30.4 Å². The summed E-state index contributed by atoms with van der Waals surface area (Å²) >= 11 is 12.2. The second kappa shape index (κ2) is 13.2. The number of aryl methyl sites for hydroxylation is 1. The lowest BCUT2D eigenvalue weighted by atomic mass is 9.94. The largest absolute Gasteiger partial charge is 0.326 e. The van der Waals surface area contributed by atoms with Gasteiger partial charge in [-0.05, 0) is 55.5 Å². The topological polar surface area (TPSA) is 35.6 Å². The van der Waals surface area contributed by atoms with E-state index in [1.807, 2.05) is 36.4 Å². The smallest absolute Gasteiger partial charge is 0.227 e. The van der Waals surface area contributed by atoms with E-state index in [1.165, 1.54) is 11.1 Å². The van der Waals surface area contributed by atoms with Crippen LogP contribution in [0.4, 0.5) is 5.69 Å². The van der Waals surface area contributed by atoms with Crippen molar-refractivity contribution < 1.29 is 4.79 Å². The van der Waals surface area contributed by atoms with E-state index in [4.69, 9.17) is 23.2 Å². The number of nitrogens with one attached hydrogen (secondary N) is 1. The minimum atomic E-state index is 0. The molecular weight excluding hydrogens is 500 g/mol. The number of carbonyl (C=O) groups excluding carboxylic acids is 1. The maximum absolute atomic E-state index is 12.9. The highest BCUT2D eigenvalue weighted by atomic mass is 35.5. The lowest BCUT2D eigenvalue weighted by Crippen LogP contribution is -2.48. The third-order valence-corrected chi connectivity index (χ3v) is 7.40. The van der Waals surface area contributed by atoms with Gasteiger partial charge in [0.15, 0.2) is 0 Å². The lowest BCUT2D eigenvalue weighted by molar-refractivity contribution is -0.121. The van der Waals surface area contributed by atoms with Gasteiger partial charge in [-0.3, -0.25) is 9.69 Å². The number of carbonyl (C=O) groups is 1. The van der Waals surface area contributed by atoms with Gasteiger partial charge in [0.05, 0.1) is 10.0 Å². The van der Waals surface area contributed by atoms with Crippen molar-refractivity contribution in [2.24, 2.45) is 11.8 Å². The predicted octanol–water partition coefficient (Wildman–Crippen LogP) is 6.32. The van der Waals surface area contributed by atoms with Crippen LogP contribution in [-0.4, -0.2) is 48.4 Å². The van der Waals surface area contributed by atoms with Gasteiger partial charge >= 0.3 is 0 Å². The maximum Gasteiger partial charge on any atom is 0.227 e. The summed E-state index contributed by atoms with van der Waals surface area (Å²) in [6.07, 6.45) is 3.29. The molecular formula is C25H33Cl4N3O. The molecule has 0 spiro atoms. The number of piperazine rings is 1. The average Bonchev–Trinajstić information content (AvgIpc) is 3.22. The number of hydrogen-bond donors (Lipinski definition) is 1. The summed E-state index contributed by atoms with van der Waals surface area (Å²) in [6, 6.07) is 14.0. The molecule has 2 aliphatic rings. The van der Waals surface area contributed by atoms with Crippen molar-refractivity contribution in [2.75, 3.05) is 38.0 Å². The van der Waals surface area contributed by atoms with E-state index in [-0.39, 0.29) is 36.6 Å². The highest BCUT2D eigenvalue weighted by molar-refractivity contribution is 6.42. The van der Waals surface area contributed by atoms with Crippen LogP contribution in [0.5, 0.6) is 0 Å². The van der Waals surface area contributed by atoms with Crippen LogP contribution in [0.3, 0.4) is 0 Å². The predicted molar refractivity (Wildman–Crippen MR) is 143 cm³/mol. The molecule has 2 aromatic carbocycles. The summed E-state index contributed by atoms with van der Waals surface area (Å²) in [5.74, 6) is 0.757. The first kappa shape index (κ1) is 28.2. The lowest BCUT2D eigenvalue weighted by Gasteiger charge is -2.36. The molecule has 33 heavy (non-hydrogen) atoms. The number of benzene rings is 2. The molecule has 1 amide bonds. The molecule has 1 heterocycles. The summed E-state index contributed by atoms with van der Waals surface area (Å²) in [6.45, 7) is 8.14. The highest BCUT2D eigenvalue weighted by Crippen LogP contribution is 2.33. The van der Waals surface area contributed by atoms with Crippen molar-refractivity contribution in [3.8, 4) is 0 Å². The fourth-order valence-electron chi connectivity index (χ4n) is 4.83. The molecule has 8 heteroatoms. The van der Waals surface area contributed by atoms with Crippen molar-refractivity contribution >= 4 is 59.6 Å². The minimum absolute atomic E-state index is 0. The van der Waals surface area contributed by atoms with E-state index in [1.54, 1.807) is 0 Å². The van der Waals surface area contributed by atoms with Crippen LogP contribution >= 0.6 is 48.0 Å². The first-order valence-corrected chi connectivity index (χ1v) is 12.0. The molecule has 0 radical (unpaired) electrons. The zero-order chi connectivity index (χ0) is 21.8. The molecule has 1 N–H and O–H groups in total. The van der Waals surface area contributed by atoms with Crippen LogP contribution in [0, 0.1) is 18.8 Å². The van der Waals surface area contributed by atoms with E-state index in [0.29, 0.717) is 16.0 Å². The Morgan fingerprint density at radius 3 is 2.27 bits per heavy atom. The normalized spacial score (nSPS) is 21.2. The molecule has 1 aliphatic carbocycles. The third-order valence-electron chi connectivity index (χ3n) is 6.66. The molecule has 1 aliphatic heterocycles. The van der Waals surface area contributed by atoms with Crippen molar-refractivity contribution in [1.82, 2.24) is 9.80 Å². The first-order chi connectivity index (χ1) is 15.0. The Kier molecular flexibility index (Phi) is 11.3. The van der Waals surface area contributed by atoms with Gasteiger partial charge < -0.3 is 10.2 Å². The Bertz CT molecular complexity index is 901. The van der Waals surface area contributed by atoms with Gasteiger partial charge in [-0.1, -0.05) is 53.4 Å². The van der Waals surface area contributed by atoms with Gasteiger partial charge in [0.25, 0.3) is 0 Å². The molecule has 4 rings (SSSR count). The quantitative estimate of drug-likeness (QED) is 0.473. The van der Waals surface area contributed by atoms with E-state index in [9.17, 15) is 4.79 Å². The highest BCUT2D eigenvalue weighted by Gasteiger charge is 2.34. The Labute approximate surface area is 219 Å². The van der Waals surface area contributed by atoms with Crippen LogP contribution in [0.15, 0.2) is 42.5 Å². The number of rotatable bonds is 6. The molecule has 0 aromatic heterocycles. The Balaban J connectivity index is 0.00000193. The molecule has 0 bridgehead atoms. The van der Waals surface area contributed by atoms with Crippen molar-refractivity contribution in [3.05, 3.63) is 63.6 Å². The van der Waals surface area contributed by atoms with E-state index in [0.717, 1.165) is 64.2 Å². The minimum Gasteiger partial charge on any atom is -0.326 e. The van der Waals surface area contributed by atoms with Gasteiger partial charge in [0.2, 0.25) is 5.91 Å². The Morgan fingerprint density at radius 2 is 1.61 bits per heavy atom. The summed E-state index contributed by atoms with van der Waals surface area (Å²) in [7, 11) is 0. The second-order valence-corrected chi connectivity index (χ2v) is 9.79. The molecule has 4 nitrogen and oxygen atoms in total. The molecule has 1 saturated carbocycles. The second-order valence-electron chi connectivity index (χ2n) is 8.98. The van der Waals surface area contributed by atoms with Crippen molar-refractivity contribution in [1.29, 1.82) is 0 Å².